The van der Waals surface area contributed by atoms with Crippen LogP contribution in [0.4, 0.5) is 0 Å². The summed E-state index contributed by atoms with van der Waals surface area (Å²) >= 11 is 0. The normalized spacial score (nSPS) is 17.8. The first-order chi connectivity index (χ1) is 11.1. The maximum Gasteiger partial charge on any atom is 0.217 e. The lowest BCUT2D eigenvalue weighted by atomic mass is 10.2. The second kappa shape index (κ2) is 5.49. The van der Waals surface area contributed by atoms with Gasteiger partial charge in [0.1, 0.15) is 5.76 Å². The van der Waals surface area contributed by atoms with E-state index in [9.17, 15) is 8.42 Å². The van der Waals surface area contributed by atoms with Crippen LogP contribution in [0.5, 0.6) is 0 Å². The summed E-state index contributed by atoms with van der Waals surface area (Å²) in [6, 6.07) is 3.61. The van der Waals surface area contributed by atoms with Crippen LogP contribution in [0, 0.1) is 0 Å². The predicted octanol–water partition coefficient (Wildman–Crippen LogP) is 2.00. The van der Waals surface area contributed by atoms with Gasteiger partial charge in [0.2, 0.25) is 10.0 Å². The number of aromatic nitrogens is 2. The molecule has 7 heteroatoms. The van der Waals surface area contributed by atoms with Crippen molar-refractivity contribution in [2.75, 3.05) is 0 Å². The molecule has 0 amide bonds. The molecule has 0 spiro atoms. The van der Waals surface area contributed by atoms with Crippen LogP contribution in [0.1, 0.15) is 42.0 Å². The van der Waals surface area contributed by atoms with Crippen LogP contribution in [0.2, 0.25) is 0 Å². The second-order valence-corrected chi connectivity index (χ2v) is 8.65. The number of sulfonamides is 1. The van der Waals surface area contributed by atoms with E-state index in [1.54, 1.807) is 16.6 Å². The molecule has 124 valence electrons. The molecule has 0 atom stereocenters. The monoisotopic (exact) mass is 335 g/mol. The summed E-state index contributed by atoms with van der Waals surface area (Å²) in [5.41, 5.74) is 3.39. The molecule has 0 N–H and O–H groups in total. The molecule has 0 unspecified atom stereocenters. The van der Waals surface area contributed by atoms with Crippen LogP contribution in [0.3, 0.4) is 0 Å². The standard InChI is InChI=1S/C16H21N3O3S/c1-18-16-6-2-5-14(16)15(17-18)11-19(10-12-4-3-9-22-12)23(20,21)13-7-8-13/h3-4,9,13H,2,5-8,10-11H2,1H3. The van der Waals surface area contributed by atoms with E-state index < -0.39 is 10.0 Å². The molecule has 6 nitrogen and oxygen atoms in total. The predicted molar refractivity (Wildman–Crippen MR) is 85.1 cm³/mol. The van der Waals surface area contributed by atoms with Crippen LogP contribution in [-0.4, -0.2) is 27.8 Å². The SMILES string of the molecule is Cn1nc(CN(Cc2ccco2)S(=O)(=O)C2CC2)c2c1CCC2. The Labute approximate surface area is 136 Å². The van der Waals surface area contributed by atoms with Crippen LogP contribution in [0.25, 0.3) is 0 Å². The zero-order valence-electron chi connectivity index (χ0n) is 13.2. The molecule has 4 rings (SSSR count). The summed E-state index contributed by atoms with van der Waals surface area (Å²) in [6.45, 7) is 0.611. The van der Waals surface area contributed by atoms with Crippen molar-refractivity contribution in [3.63, 3.8) is 0 Å². The van der Waals surface area contributed by atoms with Crippen molar-refractivity contribution in [1.82, 2.24) is 14.1 Å². The lowest BCUT2D eigenvalue weighted by molar-refractivity contribution is 0.353. The van der Waals surface area contributed by atoms with E-state index >= 15 is 0 Å². The Hall–Kier alpha value is -1.60. The van der Waals surface area contributed by atoms with Gasteiger partial charge >= 0.3 is 0 Å². The van der Waals surface area contributed by atoms with Crippen molar-refractivity contribution in [3.8, 4) is 0 Å². The highest BCUT2D eigenvalue weighted by molar-refractivity contribution is 7.90. The molecule has 0 aliphatic heterocycles. The van der Waals surface area contributed by atoms with Gasteiger partial charge in [0, 0.05) is 12.7 Å². The minimum absolute atomic E-state index is 0.228. The molecule has 2 aromatic heterocycles. The summed E-state index contributed by atoms with van der Waals surface area (Å²) < 4.78 is 34.4. The minimum Gasteiger partial charge on any atom is -0.468 e. The largest absolute Gasteiger partial charge is 0.468 e. The summed E-state index contributed by atoms with van der Waals surface area (Å²) in [5.74, 6) is 0.668. The fourth-order valence-electron chi connectivity index (χ4n) is 3.38. The second-order valence-electron chi connectivity index (χ2n) is 6.44. The molecule has 0 saturated heterocycles. The van der Waals surface area contributed by atoms with Crippen LogP contribution in [0.15, 0.2) is 22.8 Å². The van der Waals surface area contributed by atoms with E-state index in [0.29, 0.717) is 12.3 Å². The number of hydrogen-bond donors (Lipinski definition) is 0. The Morgan fingerprint density at radius 2 is 2.17 bits per heavy atom. The van der Waals surface area contributed by atoms with Crippen molar-refractivity contribution in [3.05, 3.63) is 41.1 Å². The van der Waals surface area contributed by atoms with Crippen LogP contribution < -0.4 is 0 Å². The average molecular weight is 335 g/mol. The number of fused-ring (bicyclic) bond motifs is 1. The number of rotatable bonds is 6. The molecule has 0 bridgehead atoms. The van der Waals surface area contributed by atoms with Gasteiger partial charge in [0.15, 0.2) is 0 Å². The molecule has 2 aliphatic carbocycles. The third-order valence-electron chi connectivity index (χ3n) is 4.74. The van der Waals surface area contributed by atoms with E-state index in [1.807, 2.05) is 17.8 Å². The quantitative estimate of drug-likeness (QED) is 0.810. The van der Waals surface area contributed by atoms with Crippen LogP contribution >= 0.6 is 0 Å². The third kappa shape index (κ3) is 2.72. The van der Waals surface area contributed by atoms with Crippen molar-refractivity contribution in [1.29, 1.82) is 0 Å². The Bertz CT molecular complexity index is 804. The van der Waals surface area contributed by atoms with E-state index in [0.717, 1.165) is 37.8 Å². The lowest BCUT2D eigenvalue weighted by Gasteiger charge is -2.20. The first-order valence-corrected chi connectivity index (χ1v) is 9.61. The fourth-order valence-corrected chi connectivity index (χ4v) is 5.14. The lowest BCUT2D eigenvalue weighted by Crippen LogP contribution is -2.33. The molecular formula is C16H21N3O3S. The summed E-state index contributed by atoms with van der Waals surface area (Å²) in [5, 5.41) is 4.35. The highest BCUT2D eigenvalue weighted by Crippen LogP contribution is 2.34. The highest BCUT2D eigenvalue weighted by Gasteiger charge is 2.41. The first-order valence-electron chi connectivity index (χ1n) is 8.10. The van der Waals surface area contributed by atoms with E-state index in [4.69, 9.17) is 4.42 Å². The van der Waals surface area contributed by atoms with E-state index in [-0.39, 0.29) is 11.8 Å². The Kier molecular flexibility index (Phi) is 3.57. The minimum atomic E-state index is -3.29. The number of hydrogen-bond acceptors (Lipinski definition) is 4. The van der Waals surface area contributed by atoms with Gasteiger partial charge in [-0.15, -0.1) is 0 Å². The molecule has 1 saturated carbocycles. The van der Waals surface area contributed by atoms with Crippen molar-refractivity contribution >= 4 is 10.0 Å². The number of nitrogens with zero attached hydrogens (tertiary/aromatic N) is 3. The van der Waals surface area contributed by atoms with E-state index in [2.05, 4.69) is 5.10 Å². The van der Waals surface area contributed by atoms with Crippen LogP contribution in [-0.2, 0) is 43.0 Å². The zero-order chi connectivity index (χ0) is 16.0. The molecule has 2 aliphatic rings. The molecule has 1 fully saturated rings. The fraction of sp³-hybridized carbons (Fsp3) is 0.562. The molecule has 2 aromatic rings. The van der Waals surface area contributed by atoms with Gasteiger partial charge in [-0.25, -0.2) is 8.42 Å². The Balaban J connectivity index is 1.64. The summed E-state index contributed by atoms with van der Waals surface area (Å²) in [4.78, 5) is 0. The first kappa shape index (κ1) is 15.0. The Morgan fingerprint density at radius 3 is 2.87 bits per heavy atom. The molecule has 0 radical (unpaired) electrons. The van der Waals surface area contributed by atoms with Gasteiger partial charge in [-0.2, -0.15) is 9.40 Å². The molecular weight excluding hydrogens is 314 g/mol. The summed E-state index contributed by atoms with van der Waals surface area (Å²) in [6.07, 6.45) is 6.26. The zero-order valence-corrected chi connectivity index (χ0v) is 14.1. The maximum absolute atomic E-state index is 12.8. The summed E-state index contributed by atoms with van der Waals surface area (Å²) in [7, 11) is -1.34. The smallest absolute Gasteiger partial charge is 0.217 e. The average Bonchev–Trinajstić information content (AvgIpc) is 2.96. The van der Waals surface area contributed by atoms with Crippen molar-refractivity contribution in [2.45, 2.75) is 50.4 Å². The Morgan fingerprint density at radius 1 is 1.35 bits per heavy atom. The molecule has 23 heavy (non-hydrogen) atoms. The molecule has 0 aromatic carbocycles. The topological polar surface area (TPSA) is 68.3 Å². The van der Waals surface area contributed by atoms with Gasteiger partial charge in [-0.1, -0.05) is 0 Å². The highest BCUT2D eigenvalue weighted by atomic mass is 32.2. The van der Waals surface area contributed by atoms with Gasteiger partial charge in [0.05, 0.1) is 30.3 Å². The van der Waals surface area contributed by atoms with Gasteiger partial charge < -0.3 is 4.42 Å². The third-order valence-corrected chi connectivity index (χ3v) is 7.03. The molecule has 2 heterocycles. The number of aryl methyl sites for hydroxylation is 1. The number of furan rings is 1. The maximum atomic E-state index is 12.8. The van der Waals surface area contributed by atoms with E-state index in [1.165, 1.54) is 11.3 Å². The van der Waals surface area contributed by atoms with Crippen molar-refractivity contribution in [2.24, 2.45) is 7.05 Å². The van der Waals surface area contributed by atoms with Crippen molar-refractivity contribution < 1.29 is 12.8 Å². The van der Waals surface area contributed by atoms with Gasteiger partial charge in [-0.05, 0) is 49.8 Å². The van der Waals surface area contributed by atoms with Gasteiger partial charge in [0.25, 0.3) is 0 Å². The van der Waals surface area contributed by atoms with Gasteiger partial charge in [-0.3, -0.25) is 4.68 Å².